The Morgan fingerprint density at radius 2 is 1.81 bits per heavy atom. The van der Waals surface area contributed by atoms with Gasteiger partial charge in [-0.3, -0.25) is 9.59 Å². The van der Waals surface area contributed by atoms with E-state index in [4.69, 9.17) is 5.73 Å². The van der Waals surface area contributed by atoms with E-state index in [1.54, 1.807) is 16.2 Å². The Labute approximate surface area is 160 Å². The van der Waals surface area contributed by atoms with Gasteiger partial charge >= 0.3 is 0 Å². The van der Waals surface area contributed by atoms with Crippen molar-refractivity contribution >= 4 is 45.1 Å². The first-order chi connectivity index (χ1) is 12.6. The first kappa shape index (κ1) is 18.4. The minimum absolute atomic E-state index is 0.0284. The Balaban J connectivity index is 1.64. The molecule has 1 heterocycles. The van der Waals surface area contributed by atoms with Crippen LogP contribution in [0.5, 0.6) is 0 Å². The summed E-state index contributed by atoms with van der Waals surface area (Å²) in [7, 11) is 0. The molecule has 2 aromatic carbocycles. The Morgan fingerprint density at radius 3 is 2.54 bits per heavy atom. The molecule has 134 valence electrons. The number of nitrogens with zero attached hydrogens (tertiary/aromatic N) is 2. The molecule has 0 fully saturated rings. The molecule has 0 saturated heterocycles. The van der Waals surface area contributed by atoms with Gasteiger partial charge < -0.3 is 10.6 Å². The molecule has 0 aliphatic carbocycles. The van der Waals surface area contributed by atoms with Crippen molar-refractivity contribution < 1.29 is 9.59 Å². The molecule has 0 atom stereocenters. The second-order valence-electron chi connectivity index (χ2n) is 5.75. The fourth-order valence-electron chi connectivity index (χ4n) is 2.47. The number of amides is 2. The van der Waals surface area contributed by atoms with Crippen LogP contribution >= 0.6 is 23.1 Å². The van der Waals surface area contributed by atoms with Gasteiger partial charge in [-0.25, -0.2) is 4.98 Å². The molecule has 7 heteroatoms. The monoisotopic (exact) mass is 385 g/mol. The molecule has 2 amide bonds. The van der Waals surface area contributed by atoms with Gasteiger partial charge in [0.25, 0.3) is 0 Å². The lowest BCUT2D eigenvalue weighted by Gasteiger charge is -2.22. The number of hydrogen-bond donors (Lipinski definition) is 1. The van der Waals surface area contributed by atoms with Crippen LogP contribution in [0, 0.1) is 0 Å². The zero-order valence-electron chi connectivity index (χ0n) is 14.1. The summed E-state index contributed by atoms with van der Waals surface area (Å²) >= 11 is 3.01. The van der Waals surface area contributed by atoms with E-state index in [2.05, 4.69) is 4.98 Å². The van der Waals surface area contributed by atoms with Crippen molar-refractivity contribution in [1.82, 2.24) is 9.88 Å². The molecule has 0 aliphatic rings. The zero-order valence-corrected chi connectivity index (χ0v) is 15.8. The maximum Gasteiger partial charge on any atom is 0.233 e. The van der Waals surface area contributed by atoms with Crippen molar-refractivity contribution in [3.63, 3.8) is 0 Å². The van der Waals surface area contributed by atoms with E-state index in [-0.39, 0.29) is 18.1 Å². The highest BCUT2D eigenvalue weighted by atomic mass is 32.2. The lowest BCUT2D eigenvalue weighted by Crippen LogP contribution is -2.34. The van der Waals surface area contributed by atoms with Gasteiger partial charge in [0.05, 0.1) is 16.0 Å². The number of fused-ring (bicyclic) bond motifs is 1. The summed E-state index contributed by atoms with van der Waals surface area (Å²) in [5.41, 5.74) is 7.22. The number of benzene rings is 2. The summed E-state index contributed by atoms with van der Waals surface area (Å²) in [6, 6.07) is 17.6. The lowest BCUT2D eigenvalue weighted by molar-refractivity contribution is -0.129. The smallest absolute Gasteiger partial charge is 0.233 e. The highest BCUT2D eigenvalue weighted by molar-refractivity contribution is 8.01. The fraction of sp³-hybridized carbons (Fsp3) is 0.211. The molecule has 5 nitrogen and oxygen atoms in total. The Hall–Kier alpha value is -2.38. The lowest BCUT2D eigenvalue weighted by atomic mass is 10.2. The predicted molar refractivity (Wildman–Crippen MR) is 106 cm³/mol. The van der Waals surface area contributed by atoms with E-state index in [1.165, 1.54) is 11.8 Å². The summed E-state index contributed by atoms with van der Waals surface area (Å²) in [6.07, 6.45) is 0.157. The maximum atomic E-state index is 12.7. The van der Waals surface area contributed by atoms with Crippen molar-refractivity contribution in [3.8, 4) is 0 Å². The molecule has 1 aromatic heterocycles. The van der Waals surface area contributed by atoms with Crippen LogP contribution < -0.4 is 5.73 Å². The van der Waals surface area contributed by atoms with Crippen LogP contribution in [0.3, 0.4) is 0 Å². The minimum Gasteiger partial charge on any atom is -0.370 e. The summed E-state index contributed by atoms with van der Waals surface area (Å²) < 4.78 is 1.98. The van der Waals surface area contributed by atoms with Crippen molar-refractivity contribution in [2.24, 2.45) is 5.73 Å². The molecule has 3 rings (SSSR count). The third kappa shape index (κ3) is 5.06. The summed E-state index contributed by atoms with van der Waals surface area (Å²) in [5, 5.41) is 0. The van der Waals surface area contributed by atoms with Gasteiger partial charge in [-0.15, -0.1) is 11.3 Å². The van der Waals surface area contributed by atoms with E-state index >= 15 is 0 Å². The van der Waals surface area contributed by atoms with Crippen molar-refractivity contribution in [2.75, 3.05) is 12.3 Å². The number of thioether (sulfide) groups is 1. The summed E-state index contributed by atoms with van der Waals surface area (Å²) in [5.74, 6) is -0.153. The normalized spacial score (nSPS) is 10.8. The number of carbonyl (C=O) groups is 2. The first-order valence-corrected chi connectivity index (χ1v) is 10.0. The highest BCUT2D eigenvalue weighted by Gasteiger charge is 2.16. The van der Waals surface area contributed by atoms with Gasteiger partial charge in [0, 0.05) is 19.5 Å². The molecule has 0 spiro atoms. The van der Waals surface area contributed by atoms with E-state index in [0.29, 0.717) is 13.1 Å². The SMILES string of the molecule is NC(=O)CCN(Cc1ccccc1)C(=O)CSc1nc2ccccc2s1. The van der Waals surface area contributed by atoms with Crippen LogP contribution in [0.15, 0.2) is 58.9 Å². The van der Waals surface area contributed by atoms with Gasteiger partial charge in [0.15, 0.2) is 4.34 Å². The molecule has 0 unspecified atom stereocenters. The summed E-state index contributed by atoms with van der Waals surface area (Å²) in [6.45, 7) is 0.789. The quantitative estimate of drug-likeness (QED) is 0.604. The number of aromatic nitrogens is 1. The topological polar surface area (TPSA) is 76.3 Å². The van der Waals surface area contributed by atoms with Crippen molar-refractivity contribution in [1.29, 1.82) is 0 Å². The number of carbonyl (C=O) groups excluding carboxylic acids is 2. The van der Waals surface area contributed by atoms with Crippen LogP contribution in [0.4, 0.5) is 0 Å². The van der Waals surface area contributed by atoms with Crippen LogP contribution in [0.2, 0.25) is 0 Å². The van der Waals surface area contributed by atoms with Crippen LogP contribution in [-0.4, -0.2) is 34.0 Å². The van der Waals surface area contributed by atoms with E-state index in [9.17, 15) is 9.59 Å². The van der Waals surface area contributed by atoms with E-state index < -0.39 is 5.91 Å². The highest BCUT2D eigenvalue weighted by Crippen LogP contribution is 2.29. The Bertz CT molecular complexity index is 863. The third-order valence-electron chi connectivity index (χ3n) is 3.79. The van der Waals surface area contributed by atoms with Crippen LogP contribution in [0.25, 0.3) is 10.2 Å². The molecule has 0 aliphatic heterocycles. The first-order valence-electron chi connectivity index (χ1n) is 8.20. The molecule has 3 aromatic rings. The zero-order chi connectivity index (χ0) is 18.4. The number of hydrogen-bond acceptors (Lipinski definition) is 5. The number of para-hydroxylation sites is 1. The average Bonchev–Trinajstić information content (AvgIpc) is 3.07. The predicted octanol–water partition coefficient (Wildman–Crippen LogP) is 3.29. The van der Waals surface area contributed by atoms with E-state index in [1.807, 2.05) is 54.6 Å². The molecular formula is C19H19N3O2S2. The number of nitrogens with two attached hydrogens (primary N) is 1. The number of primary amides is 1. The number of rotatable bonds is 8. The van der Waals surface area contributed by atoms with E-state index in [0.717, 1.165) is 20.1 Å². The number of thiazole rings is 1. The average molecular weight is 386 g/mol. The third-order valence-corrected chi connectivity index (χ3v) is 5.95. The van der Waals surface area contributed by atoms with Gasteiger partial charge in [-0.05, 0) is 17.7 Å². The standard InChI is InChI=1S/C19H19N3O2S2/c20-17(23)10-11-22(12-14-6-2-1-3-7-14)18(24)13-25-19-21-15-8-4-5-9-16(15)26-19/h1-9H,10-13H2,(H2,20,23). The van der Waals surface area contributed by atoms with Gasteiger partial charge in [-0.2, -0.15) is 0 Å². The fourth-order valence-corrected chi connectivity index (χ4v) is 4.44. The van der Waals surface area contributed by atoms with Gasteiger partial charge in [0.2, 0.25) is 11.8 Å². The second kappa shape index (κ2) is 8.82. The molecule has 26 heavy (non-hydrogen) atoms. The molecule has 0 saturated carbocycles. The molecule has 0 radical (unpaired) electrons. The van der Waals surface area contributed by atoms with Gasteiger partial charge in [-0.1, -0.05) is 54.2 Å². The summed E-state index contributed by atoms with van der Waals surface area (Å²) in [4.78, 5) is 30.0. The van der Waals surface area contributed by atoms with Gasteiger partial charge in [0.1, 0.15) is 0 Å². The second-order valence-corrected chi connectivity index (χ2v) is 8.01. The maximum absolute atomic E-state index is 12.7. The minimum atomic E-state index is -0.408. The largest absolute Gasteiger partial charge is 0.370 e. The van der Waals surface area contributed by atoms with Crippen LogP contribution in [0.1, 0.15) is 12.0 Å². The molecule has 0 bridgehead atoms. The van der Waals surface area contributed by atoms with Crippen molar-refractivity contribution in [2.45, 2.75) is 17.3 Å². The molecule has 2 N–H and O–H groups in total. The van der Waals surface area contributed by atoms with Crippen LogP contribution in [-0.2, 0) is 16.1 Å². The molecular weight excluding hydrogens is 366 g/mol. The van der Waals surface area contributed by atoms with Crippen molar-refractivity contribution in [3.05, 3.63) is 60.2 Å². The Morgan fingerprint density at radius 1 is 1.08 bits per heavy atom. The Kier molecular flexibility index (Phi) is 6.25.